The molecule has 0 saturated carbocycles. The number of methoxy groups -OCH3 is 2. The Morgan fingerprint density at radius 3 is 2.15 bits per heavy atom. The second kappa shape index (κ2) is 10.9. The van der Waals surface area contributed by atoms with Crippen molar-refractivity contribution in [2.24, 2.45) is 5.92 Å². The first-order valence-electron chi connectivity index (χ1n) is 11.5. The maximum Gasteiger partial charge on any atom is 0.227 e. The van der Waals surface area contributed by atoms with Crippen LogP contribution in [0.25, 0.3) is 0 Å². The molecule has 6 nitrogen and oxygen atoms in total. The fourth-order valence-corrected chi connectivity index (χ4v) is 4.50. The predicted molar refractivity (Wildman–Crippen MR) is 132 cm³/mol. The first-order valence-corrected chi connectivity index (χ1v) is 11.5. The molecule has 6 heteroatoms. The second-order valence-corrected chi connectivity index (χ2v) is 8.35. The van der Waals surface area contributed by atoms with Crippen LogP contribution in [0.5, 0.6) is 11.5 Å². The molecule has 0 bridgehead atoms. The van der Waals surface area contributed by atoms with Crippen LogP contribution in [0.4, 0.5) is 5.69 Å². The van der Waals surface area contributed by atoms with Gasteiger partial charge in [0.2, 0.25) is 11.8 Å². The molecule has 0 aliphatic carbocycles. The monoisotopic (exact) mass is 458 g/mol. The molecule has 34 heavy (non-hydrogen) atoms. The average molecular weight is 459 g/mol. The Kier molecular flexibility index (Phi) is 7.48. The molecule has 1 aliphatic rings. The number of hydrogen-bond donors (Lipinski definition) is 1. The Labute approximate surface area is 200 Å². The SMILES string of the molecule is COc1ccc(C2C(C(=O)NCCc3ccccc3)CCC(=O)N2c2ccc(OC)cc2)cc1. The van der Waals surface area contributed by atoms with Gasteiger partial charge >= 0.3 is 0 Å². The average Bonchev–Trinajstić information content (AvgIpc) is 2.89. The number of amides is 2. The minimum absolute atomic E-state index is 0.000629. The molecule has 3 aromatic rings. The van der Waals surface area contributed by atoms with Gasteiger partial charge in [0.15, 0.2) is 0 Å². The Balaban J connectivity index is 1.61. The Bertz CT molecular complexity index is 1100. The van der Waals surface area contributed by atoms with Gasteiger partial charge in [0.05, 0.1) is 26.2 Å². The maximum absolute atomic E-state index is 13.4. The van der Waals surface area contributed by atoms with Gasteiger partial charge in [-0.1, -0.05) is 42.5 Å². The predicted octanol–water partition coefficient (Wildman–Crippen LogP) is 4.55. The molecule has 0 aromatic heterocycles. The van der Waals surface area contributed by atoms with E-state index in [9.17, 15) is 9.59 Å². The van der Waals surface area contributed by atoms with Gasteiger partial charge in [-0.3, -0.25) is 9.59 Å². The van der Waals surface area contributed by atoms with Crippen molar-refractivity contribution < 1.29 is 19.1 Å². The second-order valence-electron chi connectivity index (χ2n) is 8.35. The van der Waals surface area contributed by atoms with E-state index < -0.39 is 6.04 Å². The van der Waals surface area contributed by atoms with Crippen LogP contribution in [-0.2, 0) is 16.0 Å². The molecule has 2 atom stereocenters. The number of nitrogens with one attached hydrogen (secondary N) is 1. The number of anilines is 1. The first-order chi connectivity index (χ1) is 16.6. The Hall–Kier alpha value is -3.80. The van der Waals surface area contributed by atoms with E-state index in [0.29, 0.717) is 25.1 Å². The van der Waals surface area contributed by atoms with Crippen molar-refractivity contribution in [2.75, 3.05) is 25.7 Å². The van der Waals surface area contributed by atoms with Gasteiger partial charge in [-0.15, -0.1) is 0 Å². The highest BCUT2D eigenvalue weighted by molar-refractivity contribution is 5.97. The normalized spacial score (nSPS) is 17.8. The van der Waals surface area contributed by atoms with Crippen molar-refractivity contribution in [2.45, 2.75) is 25.3 Å². The highest BCUT2D eigenvalue weighted by Crippen LogP contribution is 2.40. The smallest absolute Gasteiger partial charge is 0.227 e. The molecular formula is C28H30N2O4. The highest BCUT2D eigenvalue weighted by Gasteiger charge is 2.41. The lowest BCUT2D eigenvalue weighted by Crippen LogP contribution is -2.48. The third-order valence-corrected chi connectivity index (χ3v) is 6.30. The van der Waals surface area contributed by atoms with Crippen molar-refractivity contribution in [1.82, 2.24) is 5.32 Å². The summed E-state index contributed by atoms with van der Waals surface area (Å²) < 4.78 is 10.6. The molecule has 3 aromatic carbocycles. The van der Waals surface area contributed by atoms with Crippen LogP contribution in [0.1, 0.15) is 30.0 Å². The molecule has 4 rings (SSSR count). The molecule has 1 aliphatic heterocycles. The lowest BCUT2D eigenvalue weighted by Gasteiger charge is -2.41. The van der Waals surface area contributed by atoms with Gasteiger partial charge in [-0.2, -0.15) is 0 Å². The minimum Gasteiger partial charge on any atom is -0.497 e. The van der Waals surface area contributed by atoms with Crippen LogP contribution in [0.15, 0.2) is 78.9 Å². The molecule has 2 unspecified atom stereocenters. The van der Waals surface area contributed by atoms with Crippen molar-refractivity contribution in [3.05, 3.63) is 90.0 Å². The van der Waals surface area contributed by atoms with Crippen LogP contribution >= 0.6 is 0 Å². The topological polar surface area (TPSA) is 67.9 Å². The number of hydrogen-bond acceptors (Lipinski definition) is 4. The zero-order chi connectivity index (χ0) is 23.9. The summed E-state index contributed by atoms with van der Waals surface area (Å²) in [5.74, 6) is 1.03. The van der Waals surface area contributed by atoms with Gasteiger partial charge in [0.1, 0.15) is 11.5 Å². The van der Waals surface area contributed by atoms with E-state index in [0.717, 1.165) is 23.4 Å². The van der Waals surface area contributed by atoms with Crippen molar-refractivity contribution >= 4 is 17.5 Å². The van der Waals surface area contributed by atoms with E-state index in [1.165, 1.54) is 5.56 Å². The molecule has 1 saturated heterocycles. The summed E-state index contributed by atoms with van der Waals surface area (Å²) in [6.07, 6.45) is 1.57. The van der Waals surface area contributed by atoms with E-state index in [-0.39, 0.29) is 17.7 Å². The van der Waals surface area contributed by atoms with Crippen molar-refractivity contribution in [3.8, 4) is 11.5 Å². The Morgan fingerprint density at radius 2 is 1.53 bits per heavy atom. The molecule has 1 fully saturated rings. The van der Waals surface area contributed by atoms with E-state index in [1.807, 2.05) is 66.7 Å². The fraction of sp³-hybridized carbons (Fsp3) is 0.286. The third kappa shape index (κ3) is 5.22. The fourth-order valence-electron chi connectivity index (χ4n) is 4.50. The zero-order valence-electron chi connectivity index (χ0n) is 19.6. The number of ether oxygens (including phenoxy) is 2. The van der Waals surface area contributed by atoms with Gasteiger partial charge in [0.25, 0.3) is 0 Å². The van der Waals surface area contributed by atoms with Gasteiger partial charge in [-0.05, 0) is 60.4 Å². The van der Waals surface area contributed by atoms with Crippen molar-refractivity contribution in [3.63, 3.8) is 0 Å². The highest BCUT2D eigenvalue weighted by atomic mass is 16.5. The summed E-state index contributed by atoms with van der Waals surface area (Å²) in [6, 6.07) is 24.6. The molecule has 1 N–H and O–H groups in total. The molecule has 176 valence electrons. The summed E-state index contributed by atoms with van der Waals surface area (Å²) in [7, 11) is 3.23. The third-order valence-electron chi connectivity index (χ3n) is 6.30. The molecule has 1 heterocycles. The minimum atomic E-state index is -0.419. The molecule has 0 radical (unpaired) electrons. The number of benzene rings is 3. The van der Waals surface area contributed by atoms with Crippen LogP contribution in [0, 0.1) is 5.92 Å². The van der Waals surface area contributed by atoms with E-state index in [1.54, 1.807) is 19.1 Å². The van der Waals surface area contributed by atoms with E-state index in [2.05, 4.69) is 17.4 Å². The number of rotatable bonds is 8. The lowest BCUT2D eigenvalue weighted by atomic mass is 9.83. The molecular weight excluding hydrogens is 428 g/mol. The standard InChI is InChI=1S/C28H30N2O4/c1-33-23-12-8-21(9-13-23)27-25(28(32)29-19-18-20-6-4-3-5-7-20)16-17-26(31)30(27)22-10-14-24(34-2)15-11-22/h3-15,25,27H,16-19H2,1-2H3,(H,29,32). The van der Waals surface area contributed by atoms with Crippen molar-refractivity contribution in [1.29, 1.82) is 0 Å². The molecule has 2 amide bonds. The van der Waals surface area contributed by atoms with Gasteiger partial charge in [0, 0.05) is 18.7 Å². The summed E-state index contributed by atoms with van der Waals surface area (Å²) in [6.45, 7) is 0.547. The van der Waals surface area contributed by atoms with Crippen LogP contribution in [0.2, 0.25) is 0 Å². The summed E-state index contributed by atoms with van der Waals surface area (Å²) in [5.41, 5.74) is 2.81. The first kappa shape index (κ1) is 23.4. The quantitative estimate of drug-likeness (QED) is 0.538. The van der Waals surface area contributed by atoms with Crippen LogP contribution < -0.4 is 19.7 Å². The number of nitrogens with zero attached hydrogens (tertiary/aromatic N) is 1. The Morgan fingerprint density at radius 1 is 0.912 bits per heavy atom. The largest absolute Gasteiger partial charge is 0.497 e. The van der Waals surface area contributed by atoms with Gasteiger partial charge in [-0.25, -0.2) is 0 Å². The number of piperidine rings is 1. The van der Waals surface area contributed by atoms with Crippen LogP contribution in [-0.4, -0.2) is 32.6 Å². The summed E-state index contributed by atoms with van der Waals surface area (Å²) in [5, 5.41) is 3.11. The molecule has 0 spiro atoms. The zero-order valence-corrected chi connectivity index (χ0v) is 19.6. The maximum atomic E-state index is 13.4. The van der Waals surface area contributed by atoms with Crippen LogP contribution in [0.3, 0.4) is 0 Å². The van der Waals surface area contributed by atoms with E-state index >= 15 is 0 Å². The van der Waals surface area contributed by atoms with E-state index in [4.69, 9.17) is 9.47 Å². The number of carbonyl (C=O) groups excluding carboxylic acids is 2. The summed E-state index contributed by atoms with van der Waals surface area (Å²) in [4.78, 5) is 28.3. The van der Waals surface area contributed by atoms with Gasteiger partial charge < -0.3 is 19.7 Å². The lowest BCUT2D eigenvalue weighted by molar-refractivity contribution is -0.129. The number of carbonyl (C=O) groups is 2. The summed E-state index contributed by atoms with van der Waals surface area (Å²) >= 11 is 0.